The molecule has 2 aliphatic rings. The van der Waals surface area contributed by atoms with Crippen LogP contribution in [0, 0.1) is 11.7 Å². The van der Waals surface area contributed by atoms with E-state index in [1.165, 1.54) is 12.1 Å². The number of fused-ring (bicyclic) bond motifs is 4. The van der Waals surface area contributed by atoms with Crippen LogP contribution < -0.4 is 29.7 Å². The predicted molar refractivity (Wildman–Crippen MR) is 139 cm³/mol. The summed E-state index contributed by atoms with van der Waals surface area (Å²) in [6.07, 6.45) is 0. The van der Waals surface area contributed by atoms with Crippen LogP contribution >= 0.6 is 12.2 Å². The maximum absolute atomic E-state index is 13.9. The van der Waals surface area contributed by atoms with Gasteiger partial charge in [-0.25, -0.2) is 4.39 Å². The third kappa shape index (κ3) is 3.99. The molecular formula is C27H26FN3O4S. The van der Waals surface area contributed by atoms with Crippen LogP contribution in [-0.4, -0.2) is 30.5 Å². The highest BCUT2D eigenvalue weighted by molar-refractivity contribution is 7.80. The Balaban J connectivity index is 1.61. The van der Waals surface area contributed by atoms with Crippen molar-refractivity contribution in [3.8, 4) is 17.2 Å². The lowest BCUT2D eigenvalue weighted by atomic mass is 9.78. The summed E-state index contributed by atoms with van der Waals surface area (Å²) in [7, 11) is 1.58. The largest absolute Gasteiger partial charge is 0.497 e. The quantitative estimate of drug-likeness (QED) is 0.454. The molecule has 36 heavy (non-hydrogen) atoms. The highest BCUT2D eigenvalue weighted by atomic mass is 32.1. The highest BCUT2D eigenvalue weighted by Gasteiger charge is 2.59. The molecule has 9 heteroatoms. The molecule has 186 valence electrons. The molecule has 2 aliphatic heterocycles. The van der Waals surface area contributed by atoms with Gasteiger partial charge in [-0.2, -0.15) is 0 Å². The van der Waals surface area contributed by atoms with E-state index in [2.05, 4.69) is 10.6 Å². The van der Waals surface area contributed by atoms with Crippen molar-refractivity contribution < 1.29 is 23.4 Å². The fourth-order valence-corrected chi connectivity index (χ4v) is 5.33. The van der Waals surface area contributed by atoms with Crippen molar-refractivity contribution in [1.82, 2.24) is 5.32 Å². The van der Waals surface area contributed by atoms with Gasteiger partial charge in [0.15, 0.2) is 22.3 Å². The highest BCUT2D eigenvalue weighted by Crippen LogP contribution is 2.52. The molecular weight excluding hydrogens is 481 g/mol. The topological polar surface area (TPSA) is 72.1 Å². The number of hydrogen-bond donors (Lipinski definition) is 2. The number of rotatable bonds is 6. The van der Waals surface area contributed by atoms with E-state index < -0.39 is 17.7 Å². The number of thiocarbonyl (C=S) groups is 1. The predicted octanol–water partition coefficient (Wildman–Crippen LogP) is 5.03. The Morgan fingerprint density at radius 3 is 2.56 bits per heavy atom. The zero-order valence-electron chi connectivity index (χ0n) is 20.1. The molecule has 0 radical (unpaired) electrons. The van der Waals surface area contributed by atoms with E-state index in [4.69, 9.17) is 26.4 Å². The number of nitrogens with zero attached hydrogens (tertiary/aromatic N) is 1. The van der Waals surface area contributed by atoms with Crippen LogP contribution in [0.2, 0.25) is 0 Å². The van der Waals surface area contributed by atoms with E-state index in [1.54, 1.807) is 48.4 Å². The van der Waals surface area contributed by atoms with Gasteiger partial charge in [0, 0.05) is 16.9 Å². The third-order valence-corrected chi connectivity index (χ3v) is 6.81. The average Bonchev–Trinajstić information content (AvgIpc) is 2.86. The van der Waals surface area contributed by atoms with Gasteiger partial charge in [-0.1, -0.05) is 12.1 Å². The Bertz CT molecular complexity index is 1300. The number of anilines is 2. The number of hydrogen-bond acceptors (Lipinski definition) is 5. The van der Waals surface area contributed by atoms with Gasteiger partial charge >= 0.3 is 0 Å². The van der Waals surface area contributed by atoms with Crippen molar-refractivity contribution in [2.75, 3.05) is 23.9 Å². The van der Waals surface area contributed by atoms with Gasteiger partial charge in [0.1, 0.15) is 17.5 Å². The number of methoxy groups -OCH3 is 1. The van der Waals surface area contributed by atoms with E-state index >= 15 is 0 Å². The van der Waals surface area contributed by atoms with Crippen LogP contribution in [0.15, 0.2) is 66.7 Å². The van der Waals surface area contributed by atoms with E-state index in [1.807, 2.05) is 32.0 Å². The van der Waals surface area contributed by atoms with Crippen LogP contribution in [0.3, 0.4) is 0 Å². The SMILES string of the molecule is CCOc1cccc2c1O[C@@]1(C)[C@H](C(=O)Nc3ccc(OC)cc3)[C@@H]2NC(=S)N1c1ccc(F)cc1. The van der Waals surface area contributed by atoms with E-state index in [9.17, 15) is 9.18 Å². The number of carbonyl (C=O) groups is 1. The van der Waals surface area contributed by atoms with Crippen molar-refractivity contribution in [2.24, 2.45) is 5.92 Å². The van der Waals surface area contributed by atoms with Crippen molar-refractivity contribution in [2.45, 2.75) is 25.6 Å². The van der Waals surface area contributed by atoms with Crippen molar-refractivity contribution >= 4 is 34.6 Å². The lowest BCUT2D eigenvalue weighted by Crippen LogP contribution is -2.72. The van der Waals surface area contributed by atoms with Crippen LogP contribution in [0.5, 0.6) is 17.2 Å². The first-order valence-corrected chi connectivity index (χ1v) is 12.0. The van der Waals surface area contributed by atoms with Gasteiger partial charge in [0.2, 0.25) is 5.91 Å². The first kappa shape index (κ1) is 23.9. The summed E-state index contributed by atoms with van der Waals surface area (Å²) in [6, 6.07) is 18.1. The number of carbonyl (C=O) groups excluding carboxylic acids is 1. The number of ether oxygens (including phenoxy) is 3. The molecule has 1 fully saturated rings. The van der Waals surface area contributed by atoms with Gasteiger partial charge in [-0.15, -0.1) is 0 Å². The molecule has 2 N–H and O–H groups in total. The number of halogens is 1. The second-order valence-electron chi connectivity index (χ2n) is 8.70. The van der Waals surface area contributed by atoms with Crippen LogP contribution in [0.1, 0.15) is 25.5 Å². The normalized spacial score (nSPS) is 22.1. The maximum Gasteiger partial charge on any atom is 0.236 e. The smallest absolute Gasteiger partial charge is 0.236 e. The molecule has 1 saturated heterocycles. The Hall–Kier alpha value is -3.85. The number of para-hydroxylation sites is 1. The fourth-order valence-electron chi connectivity index (χ4n) is 4.91. The zero-order chi connectivity index (χ0) is 25.4. The Morgan fingerprint density at radius 1 is 1.17 bits per heavy atom. The fraction of sp³-hybridized carbons (Fsp3) is 0.259. The van der Waals surface area contributed by atoms with Gasteiger partial charge in [0.05, 0.1) is 19.8 Å². The first-order valence-electron chi connectivity index (χ1n) is 11.6. The molecule has 3 aromatic carbocycles. The second kappa shape index (κ2) is 9.31. The van der Waals surface area contributed by atoms with Gasteiger partial charge in [-0.3, -0.25) is 9.69 Å². The summed E-state index contributed by atoms with van der Waals surface area (Å²) in [5.74, 6) is 0.434. The first-order chi connectivity index (χ1) is 17.4. The molecule has 0 saturated carbocycles. The van der Waals surface area contributed by atoms with Gasteiger partial charge in [-0.05, 0) is 80.7 Å². The van der Waals surface area contributed by atoms with E-state index in [0.29, 0.717) is 40.3 Å². The minimum Gasteiger partial charge on any atom is -0.497 e. The molecule has 7 nitrogen and oxygen atoms in total. The number of benzene rings is 3. The van der Waals surface area contributed by atoms with Gasteiger partial charge < -0.3 is 24.8 Å². The zero-order valence-corrected chi connectivity index (χ0v) is 20.9. The molecule has 1 amide bonds. The third-order valence-electron chi connectivity index (χ3n) is 6.51. The Morgan fingerprint density at radius 2 is 1.89 bits per heavy atom. The van der Waals surface area contributed by atoms with Crippen LogP contribution in [0.4, 0.5) is 15.8 Å². The summed E-state index contributed by atoms with van der Waals surface area (Å²) in [4.78, 5) is 15.6. The average molecular weight is 508 g/mol. The molecule has 2 heterocycles. The maximum atomic E-state index is 13.9. The lowest BCUT2D eigenvalue weighted by Gasteiger charge is -2.56. The molecule has 0 unspecified atom stereocenters. The van der Waals surface area contributed by atoms with E-state index in [0.717, 1.165) is 5.56 Å². The summed E-state index contributed by atoms with van der Waals surface area (Å²) in [5.41, 5.74) is 0.734. The number of amides is 1. The molecule has 3 atom stereocenters. The van der Waals surface area contributed by atoms with Crippen molar-refractivity contribution in [1.29, 1.82) is 0 Å². The Kier molecular flexibility index (Phi) is 6.17. The molecule has 0 spiro atoms. The Labute approximate surface area is 214 Å². The van der Waals surface area contributed by atoms with E-state index in [-0.39, 0.29) is 11.7 Å². The minimum atomic E-state index is -1.25. The summed E-state index contributed by atoms with van der Waals surface area (Å²) < 4.78 is 31.5. The molecule has 0 aromatic heterocycles. The lowest BCUT2D eigenvalue weighted by molar-refractivity contribution is -0.130. The minimum absolute atomic E-state index is 0.262. The summed E-state index contributed by atoms with van der Waals surface area (Å²) >= 11 is 5.74. The number of nitrogens with one attached hydrogen (secondary N) is 2. The molecule has 0 aliphatic carbocycles. The monoisotopic (exact) mass is 507 g/mol. The van der Waals surface area contributed by atoms with Gasteiger partial charge in [0.25, 0.3) is 0 Å². The summed E-state index contributed by atoms with van der Waals surface area (Å²) in [6.45, 7) is 4.17. The summed E-state index contributed by atoms with van der Waals surface area (Å²) in [5, 5.41) is 6.72. The van der Waals surface area contributed by atoms with Crippen LogP contribution in [0.25, 0.3) is 0 Å². The standard InChI is InChI=1S/C27H26FN3O4S/c1-4-34-21-7-5-6-20-23-22(25(32)29-17-10-14-19(33-3)15-11-17)27(2,35-24(20)21)31(26(36)30-23)18-12-8-16(28)9-13-18/h5-15,22-23H,4H2,1-3H3,(H,29,32)(H,30,36)/t22-,23+,27-/m0/s1. The molecule has 2 bridgehead atoms. The van der Waals surface area contributed by atoms with Crippen LogP contribution in [-0.2, 0) is 4.79 Å². The molecule has 3 aromatic rings. The molecule has 5 rings (SSSR count). The van der Waals surface area contributed by atoms with Crippen molar-refractivity contribution in [3.05, 3.63) is 78.1 Å². The van der Waals surface area contributed by atoms with Crippen molar-refractivity contribution in [3.63, 3.8) is 0 Å². The second-order valence-corrected chi connectivity index (χ2v) is 9.09.